The van der Waals surface area contributed by atoms with E-state index in [1.54, 1.807) is 0 Å². The van der Waals surface area contributed by atoms with Crippen LogP contribution in [0.25, 0.3) is 22.3 Å². The van der Waals surface area contributed by atoms with Crippen molar-refractivity contribution in [1.82, 2.24) is 0 Å². The van der Waals surface area contributed by atoms with Crippen LogP contribution in [0.1, 0.15) is 56.1 Å². The maximum atomic E-state index is 15.0. The summed E-state index contributed by atoms with van der Waals surface area (Å²) in [7, 11) is 0. The number of hydrogen-bond acceptors (Lipinski definition) is 2. The number of halogens is 9. The van der Waals surface area contributed by atoms with Gasteiger partial charge in [-0.3, -0.25) is 0 Å². The number of benzene rings is 4. The molecule has 0 aromatic heterocycles. The maximum absolute atomic E-state index is 15.0. The van der Waals surface area contributed by atoms with Crippen molar-refractivity contribution >= 4 is 0 Å². The van der Waals surface area contributed by atoms with E-state index < -0.39 is 58.1 Å². The Morgan fingerprint density at radius 3 is 1.78 bits per heavy atom. The zero-order valence-corrected chi connectivity index (χ0v) is 23.9. The van der Waals surface area contributed by atoms with E-state index in [0.717, 1.165) is 42.8 Å². The summed E-state index contributed by atoms with van der Waals surface area (Å²) in [4.78, 5) is 0. The standard InChI is InChI=1S/C34H27F9O2/c1-2-11-44-22-6-3-18(4-7-22)20-13-28(37)32(29(38)14-20)34(42,43)45-23-8-10-24(27(36)17-23)19-5-9-25(26(35)12-19)21-15-30(39)33(41)31(40)16-21/h5,8-10,12-18,22H,2-4,6-7,11H2,1H3. The minimum Gasteiger partial charge on any atom is -0.429 e. The predicted molar refractivity (Wildman–Crippen MR) is 149 cm³/mol. The molecule has 2 nitrogen and oxygen atoms in total. The molecule has 238 valence electrons. The molecule has 0 heterocycles. The van der Waals surface area contributed by atoms with E-state index >= 15 is 8.78 Å². The van der Waals surface area contributed by atoms with Gasteiger partial charge < -0.3 is 9.47 Å². The van der Waals surface area contributed by atoms with Crippen molar-refractivity contribution in [1.29, 1.82) is 0 Å². The average molecular weight is 639 g/mol. The molecule has 0 amide bonds. The highest BCUT2D eigenvalue weighted by Crippen LogP contribution is 2.40. The molecule has 1 aliphatic rings. The summed E-state index contributed by atoms with van der Waals surface area (Å²) in [5.74, 6) is -10.9. The second kappa shape index (κ2) is 13.2. The molecule has 4 aromatic carbocycles. The van der Waals surface area contributed by atoms with Gasteiger partial charge in [-0.1, -0.05) is 19.1 Å². The van der Waals surface area contributed by atoms with Gasteiger partial charge in [0.25, 0.3) is 0 Å². The van der Waals surface area contributed by atoms with Crippen LogP contribution in [0.15, 0.2) is 60.7 Å². The Kier molecular flexibility index (Phi) is 9.48. The minimum atomic E-state index is -4.51. The molecule has 45 heavy (non-hydrogen) atoms. The highest BCUT2D eigenvalue weighted by Gasteiger charge is 2.42. The molecule has 0 radical (unpaired) electrons. The van der Waals surface area contributed by atoms with Crippen LogP contribution < -0.4 is 4.74 Å². The molecular weight excluding hydrogens is 611 g/mol. The molecule has 0 atom stereocenters. The number of hydrogen-bond donors (Lipinski definition) is 0. The van der Waals surface area contributed by atoms with Gasteiger partial charge in [0, 0.05) is 23.8 Å². The summed E-state index contributed by atoms with van der Waals surface area (Å²) in [6, 6.07) is 8.47. The zero-order chi connectivity index (χ0) is 32.5. The van der Waals surface area contributed by atoms with E-state index in [1.807, 2.05) is 6.92 Å². The first-order chi connectivity index (χ1) is 21.4. The SMILES string of the molecule is CCCOC1CCC(c2cc(F)c(C(F)(F)Oc3ccc(-c4ccc(-c5cc(F)c(F)c(F)c5)c(F)c4)c(F)c3)c(F)c2)CC1. The van der Waals surface area contributed by atoms with E-state index in [1.165, 1.54) is 6.07 Å². The lowest BCUT2D eigenvalue weighted by molar-refractivity contribution is -0.189. The van der Waals surface area contributed by atoms with E-state index in [9.17, 15) is 30.7 Å². The Hall–Kier alpha value is -3.99. The third kappa shape index (κ3) is 6.98. The lowest BCUT2D eigenvalue weighted by Gasteiger charge is -2.29. The minimum absolute atomic E-state index is 0.0522. The second-order valence-electron chi connectivity index (χ2n) is 10.9. The third-order valence-corrected chi connectivity index (χ3v) is 7.82. The van der Waals surface area contributed by atoms with Crippen molar-refractivity contribution in [3.63, 3.8) is 0 Å². The quantitative estimate of drug-likeness (QED) is 0.134. The maximum Gasteiger partial charge on any atom is 0.432 e. The molecule has 0 bridgehead atoms. The van der Waals surface area contributed by atoms with Gasteiger partial charge in [-0.15, -0.1) is 0 Å². The molecule has 0 saturated heterocycles. The molecule has 0 spiro atoms. The van der Waals surface area contributed by atoms with Gasteiger partial charge in [-0.2, -0.15) is 8.78 Å². The van der Waals surface area contributed by atoms with Crippen molar-refractivity contribution in [2.75, 3.05) is 6.61 Å². The Morgan fingerprint density at radius 2 is 1.20 bits per heavy atom. The zero-order valence-electron chi connectivity index (χ0n) is 23.9. The van der Waals surface area contributed by atoms with Crippen LogP contribution in [0, 0.1) is 40.7 Å². The van der Waals surface area contributed by atoms with Crippen LogP contribution in [0.4, 0.5) is 39.5 Å². The first-order valence-electron chi connectivity index (χ1n) is 14.3. The Bertz CT molecular complexity index is 1650. The number of alkyl halides is 2. The summed E-state index contributed by atoms with van der Waals surface area (Å²) >= 11 is 0. The van der Waals surface area contributed by atoms with E-state index in [4.69, 9.17) is 4.74 Å². The first-order valence-corrected chi connectivity index (χ1v) is 14.3. The van der Waals surface area contributed by atoms with Gasteiger partial charge in [0.05, 0.1) is 6.10 Å². The third-order valence-electron chi connectivity index (χ3n) is 7.82. The molecule has 11 heteroatoms. The molecule has 5 rings (SSSR count). The normalized spacial score (nSPS) is 17.0. The van der Waals surface area contributed by atoms with Gasteiger partial charge in [-0.25, -0.2) is 30.7 Å². The van der Waals surface area contributed by atoms with Crippen LogP contribution in [0.3, 0.4) is 0 Å². The summed E-state index contributed by atoms with van der Waals surface area (Å²) < 4.78 is 140. The fourth-order valence-corrected chi connectivity index (χ4v) is 5.57. The fraction of sp³-hybridized carbons (Fsp3) is 0.294. The van der Waals surface area contributed by atoms with E-state index in [-0.39, 0.29) is 39.8 Å². The molecule has 0 aliphatic heterocycles. The highest BCUT2D eigenvalue weighted by atomic mass is 19.3. The van der Waals surface area contributed by atoms with E-state index in [0.29, 0.717) is 50.5 Å². The van der Waals surface area contributed by atoms with Gasteiger partial charge in [0.15, 0.2) is 17.5 Å². The van der Waals surface area contributed by atoms with Gasteiger partial charge in [0.1, 0.15) is 34.6 Å². The number of ether oxygens (including phenoxy) is 2. The Labute approximate surface area is 253 Å². The molecule has 0 unspecified atom stereocenters. The summed E-state index contributed by atoms with van der Waals surface area (Å²) in [6.45, 7) is 2.60. The van der Waals surface area contributed by atoms with Crippen LogP contribution in [0.5, 0.6) is 5.75 Å². The molecule has 0 N–H and O–H groups in total. The topological polar surface area (TPSA) is 18.5 Å². The van der Waals surface area contributed by atoms with Crippen molar-refractivity contribution in [3.8, 4) is 28.0 Å². The molecule has 4 aromatic rings. The second-order valence-corrected chi connectivity index (χ2v) is 10.9. The number of rotatable bonds is 9. The van der Waals surface area contributed by atoms with E-state index in [2.05, 4.69) is 4.74 Å². The van der Waals surface area contributed by atoms with Crippen LogP contribution in [-0.4, -0.2) is 12.7 Å². The van der Waals surface area contributed by atoms with Crippen LogP contribution >= 0.6 is 0 Å². The summed E-state index contributed by atoms with van der Waals surface area (Å²) in [5.41, 5.74) is -2.32. The van der Waals surface area contributed by atoms with Gasteiger partial charge >= 0.3 is 6.11 Å². The highest BCUT2D eigenvalue weighted by molar-refractivity contribution is 5.72. The van der Waals surface area contributed by atoms with Crippen molar-refractivity contribution in [3.05, 3.63) is 113 Å². The lowest BCUT2D eigenvalue weighted by atomic mass is 9.82. The first kappa shape index (κ1) is 32.4. The summed E-state index contributed by atoms with van der Waals surface area (Å²) in [5, 5.41) is 0. The Morgan fingerprint density at radius 1 is 0.644 bits per heavy atom. The van der Waals surface area contributed by atoms with Crippen LogP contribution in [-0.2, 0) is 10.8 Å². The smallest absolute Gasteiger partial charge is 0.429 e. The van der Waals surface area contributed by atoms with Crippen molar-refractivity contribution in [2.24, 2.45) is 0 Å². The lowest BCUT2D eigenvalue weighted by Crippen LogP contribution is -2.26. The predicted octanol–water partition coefficient (Wildman–Crippen LogP) is 10.6. The summed E-state index contributed by atoms with van der Waals surface area (Å²) in [6.07, 6.45) is -1.06. The van der Waals surface area contributed by atoms with Crippen molar-refractivity contribution in [2.45, 2.75) is 57.2 Å². The molecule has 1 saturated carbocycles. The van der Waals surface area contributed by atoms with Crippen molar-refractivity contribution < 1.29 is 49.0 Å². The van der Waals surface area contributed by atoms with Gasteiger partial charge in [0.2, 0.25) is 0 Å². The molecule has 1 aliphatic carbocycles. The average Bonchev–Trinajstić information content (AvgIpc) is 2.98. The monoisotopic (exact) mass is 638 g/mol. The Balaban J connectivity index is 1.32. The van der Waals surface area contributed by atoms with Crippen LogP contribution in [0.2, 0.25) is 0 Å². The molecule has 1 fully saturated rings. The fourth-order valence-electron chi connectivity index (χ4n) is 5.57. The largest absolute Gasteiger partial charge is 0.432 e. The van der Waals surface area contributed by atoms with Gasteiger partial charge in [-0.05, 0) is 97.2 Å². The molecular formula is C34H27F9O2.